The molecule has 0 saturated carbocycles. The monoisotopic (exact) mass is 193 g/mol. The Morgan fingerprint density at radius 3 is 1.00 bits per heavy atom. The molecule has 0 aliphatic rings. The van der Waals surface area contributed by atoms with Gasteiger partial charge in [0.05, 0.1) is 27.8 Å². The lowest BCUT2D eigenvalue weighted by molar-refractivity contribution is -0.677. The fraction of sp³-hybridized carbons (Fsp3) is 0.571. The second-order valence-electron chi connectivity index (χ2n) is 2.56. The average Bonchev–Trinajstić information content (AvgIpc) is 1.84. The Morgan fingerprint density at radius 1 is 0.833 bits per heavy atom. The van der Waals surface area contributed by atoms with Crippen LogP contribution in [0, 0.1) is 0 Å². The van der Waals surface area contributed by atoms with Crippen molar-refractivity contribution in [3.63, 3.8) is 0 Å². The maximum absolute atomic E-state index is 10.9. The summed E-state index contributed by atoms with van der Waals surface area (Å²) in [5, 5.41) is 0. The van der Waals surface area contributed by atoms with Gasteiger partial charge in [0, 0.05) is 0 Å². The van der Waals surface area contributed by atoms with Crippen molar-refractivity contribution in [3.05, 3.63) is 0 Å². The van der Waals surface area contributed by atoms with Crippen LogP contribution in [0.25, 0.3) is 0 Å². The van der Waals surface area contributed by atoms with Gasteiger partial charge in [-0.25, -0.2) is 14.4 Å². The summed E-state index contributed by atoms with van der Waals surface area (Å²) in [5.74, 6) is -1.36. The molecule has 0 spiro atoms. The van der Waals surface area contributed by atoms with Crippen LogP contribution >= 0.6 is 0 Å². The van der Waals surface area contributed by atoms with Gasteiger partial charge in [-0.3, -0.25) is 0 Å². The molecule has 0 bridgehead atoms. The zero-order valence-corrected chi connectivity index (χ0v) is 8.31. The molecular formula is C7H12ClNO3. The minimum absolute atomic E-state index is 0. The number of halogens is 1. The number of carbonyl (C=O) groups excluding carboxylic acids is 3. The smallest absolute Gasteiger partial charge is 0.325 e. The third-order valence-electron chi connectivity index (χ3n) is 1.89. The van der Waals surface area contributed by atoms with Crippen molar-refractivity contribution in [3.8, 4) is 0 Å². The van der Waals surface area contributed by atoms with E-state index in [9.17, 15) is 14.4 Å². The van der Waals surface area contributed by atoms with E-state index in [4.69, 9.17) is 0 Å². The summed E-state index contributed by atoms with van der Waals surface area (Å²) in [6, 6.07) is 0. The molecule has 4 nitrogen and oxygen atoms in total. The van der Waals surface area contributed by atoms with Gasteiger partial charge < -0.3 is 12.4 Å². The molecule has 0 aromatic rings. The summed E-state index contributed by atoms with van der Waals surface area (Å²) in [5.41, 5.74) is 0. The first-order valence-corrected chi connectivity index (χ1v) is 3.23. The quantitative estimate of drug-likeness (QED) is 0.388. The standard InChI is InChI=1S/C7H12NO3.ClH/c1-5(9)8(4,6(2)10)7(3)11;/h1-4H3;1H/q+1;/p-1. The molecule has 0 unspecified atom stereocenters. The van der Waals surface area contributed by atoms with Gasteiger partial charge in [0.15, 0.2) is 0 Å². The summed E-state index contributed by atoms with van der Waals surface area (Å²) >= 11 is 0. The molecule has 0 rings (SSSR count). The highest BCUT2D eigenvalue weighted by Crippen LogP contribution is 2.04. The van der Waals surface area contributed by atoms with E-state index >= 15 is 0 Å². The molecular weight excluding hydrogens is 182 g/mol. The Bertz CT molecular complexity index is 189. The van der Waals surface area contributed by atoms with Crippen LogP contribution in [-0.2, 0) is 14.4 Å². The molecule has 70 valence electrons. The van der Waals surface area contributed by atoms with Crippen molar-refractivity contribution in [2.45, 2.75) is 20.8 Å². The molecule has 3 amide bonds. The van der Waals surface area contributed by atoms with Crippen molar-refractivity contribution in [1.29, 1.82) is 0 Å². The molecule has 0 atom stereocenters. The molecule has 5 heteroatoms. The Labute approximate surface area is 77.5 Å². The maximum Gasteiger partial charge on any atom is 0.325 e. The molecule has 0 aromatic carbocycles. The maximum atomic E-state index is 10.9. The highest BCUT2D eigenvalue weighted by molar-refractivity contribution is 5.95. The Balaban J connectivity index is 0. The third-order valence-corrected chi connectivity index (χ3v) is 1.89. The molecule has 0 N–H and O–H groups in total. The Morgan fingerprint density at radius 2 is 1.00 bits per heavy atom. The zero-order valence-electron chi connectivity index (χ0n) is 7.55. The van der Waals surface area contributed by atoms with Gasteiger partial charge >= 0.3 is 17.7 Å². The topological polar surface area (TPSA) is 51.2 Å². The van der Waals surface area contributed by atoms with Crippen molar-refractivity contribution in [2.24, 2.45) is 0 Å². The SMILES string of the molecule is CC(=O)[N+](C)(C(C)=O)C(C)=O.[Cl-]. The summed E-state index contributed by atoms with van der Waals surface area (Å²) in [6.07, 6.45) is 0. The fourth-order valence-corrected chi connectivity index (χ4v) is 0.665. The van der Waals surface area contributed by atoms with Gasteiger partial charge in [-0.05, 0) is 0 Å². The number of rotatable bonds is 0. The van der Waals surface area contributed by atoms with E-state index in [0.717, 1.165) is 0 Å². The van der Waals surface area contributed by atoms with E-state index in [2.05, 4.69) is 0 Å². The van der Waals surface area contributed by atoms with E-state index < -0.39 is 22.2 Å². The molecule has 0 radical (unpaired) electrons. The van der Waals surface area contributed by atoms with Crippen LogP contribution in [0.5, 0.6) is 0 Å². The molecule has 0 aliphatic carbocycles. The first kappa shape index (κ1) is 13.8. The predicted octanol–water partition coefficient (Wildman–Crippen LogP) is -2.92. The number of quaternary nitrogens is 1. The lowest BCUT2D eigenvalue weighted by Gasteiger charge is -2.21. The molecule has 0 aromatic heterocycles. The van der Waals surface area contributed by atoms with Gasteiger partial charge in [-0.15, -0.1) is 4.48 Å². The fourth-order valence-electron chi connectivity index (χ4n) is 0.665. The highest BCUT2D eigenvalue weighted by Gasteiger charge is 2.39. The number of carbonyl (C=O) groups is 3. The minimum atomic E-state index is -0.750. The van der Waals surface area contributed by atoms with Crippen LogP contribution in [-0.4, -0.2) is 29.3 Å². The van der Waals surface area contributed by atoms with Gasteiger partial charge in [0.25, 0.3) is 0 Å². The van der Waals surface area contributed by atoms with Crippen LogP contribution in [0.15, 0.2) is 0 Å². The van der Waals surface area contributed by atoms with Crippen molar-refractivity contribution in [2.75, 3.05) is 7.05 Å². The van der Waals surface area contributed by atoms with Gasteiger partial charge in [0.1, 0.15) is 0 Å². The largest absolute Gasteiger partial charge is 1.00 e. The zero-order chi connectivity index (χ0) is 9.23. The second kappa shape index (κ2) is 4.33. The van der Waals surface area contributed by atoms with Gasteiger partial charge in [0.2, 0.25) is 0 Å². The molecule has 0 saturated heterocycles. The average molecular weight is 194 g/mol. The molecule has 12 heavy (non-hydrogen) atoms. The third kappa shape index (κ3) is 2.12. The second-order valence-corrected chi connectivity index (χ2v) is 2.56. The minimum Gasteiger partial charge on any atom is -1.00 e. The number of imide groups is 3. The summed E-state index contributed by atoms with van der Waals surface area (Å²) in [4.78, 5) is 32.6. The Kier molecular flexibility index (Phi) is 4.98. The number of hydrogen-bond acceptors (Lipinski definition) is 3. The van der Waals surface area contributed by atoms with Crippen molar-refractivity contribution in [1.82, 2.24) is 0 Å². The van der Waals surface area contributed by atoms with E-state index in [1.54, 1.807) is 0 Å². The molecule has 0 heterocycles. The van der Waals surface area contributed by atoms with E-state index in [-0.39, 0.29) is 12.4 Å². The highest BCUT2D eigenvalue weighted by atomic mass is 35.5. The summed E-state index contributed by atoms with van der Waals surface area (Å²) < 4.78 is -0.750. The van der Waals surface area contributed by atoms with Crippen LogP contribution < -0.4 is 12.4 Å². The first-order chi connectivity index (χ1) is 4.83. The summed E-state index contributed by atoms with van der Waals surface area (Å²) in [6.45, 7) is 3.68. The normalized spacial score (nSPS) is 10.0. The lowest BCUT2D eigenvalue weighted by atomic mass is 10.3. The number of hydrogen-bond donors (Lipinski definition) is 0. The summed E-state index contributed by atoms with van der Waals surface area (Å²) in [7, 11) is 1.30. The number of nitrogens with zero attached hydrogens (tertiary/aromatic N) is 1. The lowest BCUT2D eigenvalue weighted by Crippen LogP contribution is -3.00. The van der Waals surface area contributed by atoms with Crippen LogP contribution in [0.1, 0.15) is 20.8 Å². The van der Waals surface area contributed by atoms with Gasteiger partial charge in [-0.2, -0.15) is 0 Å². The van der Waals surface area contributed by atoms with Crippen molar-refractivity contribution < 1.29 is 31.3 Å². The van der Waals surface area contributed by atoms with Crippen LogP contribution in [0.2, 0.25) is 0 Å². The van der Waals surface area contributed by atoms with E-state index in [1.807, 2.05) is 0 Å². The first-order valence-electron chi connectivity index (χ1n) is 3.23. The molecule has 0 aliphatic heterocycles. The predicted molar refractivity (Wildman–Crippen MR) is 38.2 cm³/mol. The van der Waals surface area contributed by atoms with E-state index in [0.29, 0.717) is 0 Å². The van der Waals surface area contributed by atoms with Crippen molar-refractivity contribution >= 4 is 17.7 Å². The number of amides is 3. The molecule has 0 fully saturated rings. The van der Waals surface area contributed by atoms with Gasteiger partial charge in [-0.1, -0.05) is 0 Å². The Hall–Kier alpha value is -0.740. The van der Waals surface area contributed by atoms with E-state index in [1.165, 1.54) is 27.8 Å². The van der Waals surface area contributed by atoms with Crippen LogP contribution in [0.4, 0.5) is 0 Å². The van der Waals surface area contributed by atoms with Crippen LogP contribution in [0.3, 0.4) is 0 Å².